The molecule has 0 saturated carbocycles. The molecular formula is C29H28F3N7O3. The quantitative estimate of drug-likeness (QED) is 0.306. The molecule has 4 rings (SSSR count). The molecule has 13 heteroatoms. The number of carbonyl (C=O) groups is 3. The van der Waals surface area contributed by atoms with E-state index in [0.717, 1.165) is 18.2 Å². The second-order valence-electron chi connectivity index (χ2n) is 9.58. The van der Waals surface area contributed by atoms with E-state index in [0.29, 0.717) is 43.1 Å². The van der Waals surface area contributed by atoms with Crippen molar-refractivity contribution in [1.29, 1.82) is 0 Å². The number of nitrogens with zero attached hydrogens (tertiary/aromatic N) is 3. The van der Waals surface area contributed by atoms with Crippen molar-refractivity contribution in [1.82, 2.24) is 14.9 Å². The Morgan fingerprint density at radius 1 is 1.05 bits per heavy atom. The van der Waals surface area contributed by atoms with E-state index < -0.39 is 23.6 Å². The molecule has 2 aromatic carbocycles. The fourth-order valence-corrected chi connectivity index (χ4v) is 4.37. The van der Waals surface area contributed by atoms with Gasteiger partial charge in [-0.3, -0.25) is 14.4 Å². The third-order valence-corrected chi connectivity index (χ3v) is 6.70. The first-order chi connectivity index (χ1) is 20.0. The molecule has 1 aromatic heterocycles. The first kappa shape index (κ1) is 29.9. The molecule has 0 atom stereocenters. The molecular weight excluding hydrogens is 551 g/mol. The largest absolute Gasteiger partial charge is 0.416 e. The predicted octanol–water partition coefficient (Wildman–Crippen LogP) is 4.39. The van der Waals surface area contributed by atoms with Crippen LogP contribution in [0.1, 0.15) is 44.7 Å². The monoisotopic (exact) mass is 579 g/mol. The average Bonchev–Trinajstić information content (AvgIpc) is 2.98. The number of aryl methyl sites for hydroxylation is 1. The number of amides is 3. The number of halogens is 3. The van der Waals surface area contributed by atoms with Gasteiger partial charge in [0.1, 0.15) is 11.4 Å². The fourth-order valence-electron chi connectivity index (χ4n) is 4.37. The number of carbonyl (C=O) groups excluding carboxylic acids is 3. The molecule has 2 heterocycles. The molecule has 0 unspecified atom stereocenters. The van der Waals surface area contributed by atoms with Gasteiger partial charge in [-0.25, -0.2) is 4.98 Å². The molecule has 0 aliphatic carbocycles. The van der Waals surface area contributed by atoms with Crippen LogP contribution in [0.15, 0.2) is 48.7 Å². The van der Waals surface area contributed by atoms with Crippen molar-refractivity contribution in [3.05, 3.63) is 70.9 Å². The summed E-state index contributed by atoms with van der Waals surface area (Å²) < 4.78 is 39.1. The smallest absolute Gasteiger partial charge is 0.372 e. The van der Waals surface area contributed by atoms with Gasteiger partial charge in [-0.1, -0.05) is 12.1 Å². The molecule has 0 spiro atoms. The van der Waals surface area contributed by atoms with Gasteiger partial charge < -0.3 is 26.2 Å². The van der Waals surface area contributed by atoms with Crippen LogP contribution in [0.25, 0.3) is 0 Å². The Morgan fingerprint density at radius 3 is 2.45 bits per heavy atom. The number of piperidine rings is 1. The zero-order chi connectivity index (χ0) is 30.4. The third kappa shape index (κ3) is 7.14. The number of benzene rings is 2. The highest BCUT2D eigenvalue weighted by molar-refractivity contribution is 6.08. The third-order valence-electron chi connectivity index (χ3n) is 6.70. The summed E-state index contributed by atoms with van der Waals surface area (Å²) in [6.45, 7) is 2.77. The first-order valence-corrected chi connectivity index (χ1v) is 13.0. The standard InChI is InChI=1S/C29H28F3N7O3/c1-4-24(40)39-12-10-20(11-13-39)36-28-34-16-22(25(33-3)38-28)27(42)37-23-15-21(9-8-17(23)2)35-26(41)18-6-5-7-19(14-18)29(30,31)32/h1,5-9,14-16,20H,10-13H2,2-3H3,(H,35,41)(H,37,42)(H2,33,34,36,38). The first-order valence-electron chi connectivity index (χ1n) is 13.0. The number of alkyl halides is 3. The van der Waals surface area contributed by atoms with Crippen molar-refractivity contribution < 1.29 is 27.6 Å². The van der Waals surface area contributed by atoms with Crippen molar-refractivity contribution in [3.8, 4) is 12.3 Å². The second-order valence-corrected chi connectivity index (χ2v) is 9.58. The normalized spacial score (nSPS) is 13.6. The highest BCUT2D eigenvalue weighted by Gasteiger charge is 2.31. The molecule has 3 aromatic rings. The molecule has 1 saturated heterocycles. The minimum atomic E-state index is -4.58. The highest BCUT2D eigenvalue weighted by atomic mass is 19.4. The van der Waals surface area contributed by atoms with Gasteiger partial charge in [0.25, 0.3) is 17.7 Å². The molecule has 1 aliphatic rings. The van der Waals surface area contributed by atoms with Crippen LogP contribution in [0, 0.1) is 19.3 Å². The predicted molar refractivity (Wildman–Crippen MR) is 152 cm³/mol. The number of likely N-dealkylation sites (tertiary alicyclic amines) is 1. The molecule has 0 radical (unpaired) electrons. The Labute approximate surface area is 240 Å². The number of anilines is 4. The van der Waals surface area contributed by atoms with Crippen LogP contribution in [0.3, 0.4) is 0 Å². The maximum atomic E-state index is 13.2. The number of hydrogen-bond acceptors (Lipinski definition) is 7. The summed E-state index contributed by atoms with van der Waals surface area (Å²) >= 11 is 0. The minimum absolute atomic E-state index is 0.0211. The van der Waals surface area contributed by atoms with E-state index in [1.807, 2.05) is 0 Å². The van der Waals surface area contributed by atoms with Gasteiger partial charge in [0.15, 0.2) is 0 Å². The van der Waals surface area contributed by atoms with Gasteiger partial charge in [-0.05, 0) is 61.6 Å². The van der Waals surface area contributed by atoms with Gasteiger partial charge in [-0.15, -0.1) is 6.42 Å². The van der Waals surface area contributed by atoms with Crippen molar-refractivity contribution >= 4 is 40.9 Å². The fraction of sp³-hybridized carbons (Fsp3) is 0.276. The number of rotatable bonds is 7. The van der Waals surface area contributed by atoms with E-state index in [1.54, 1.807) is 31.0 Å². The summed E-state index contributed by atoms with van der Waals surface area (Å²) in [7, 11) is 1.61. The van der Waals surface area contributed by atoms with Gasteiger partial charge in [0.05, 0.1) is 5.56 Å². The number of hydrogen-bond donors (Lipinski definition) is 4. The minimum Gasteiger partial charge on any atom is -0.372 e. The zero-order valence-corrected chi connectivity index (χ0v) is 22.8. The van der Waals surface area contributed by atoms with Crippen LogP contribution < -0.4 is 21.3 Å². The van der Waals surface area contributed by atoms with Crippen LogP contribution >= 0.6 is 0 Å². The molecule has 10 nitrogen and oxygen atoms in total. The van der Waals surface area contributed by atoms with Crippen LogP contribution in [0.2, 0.25) is 0 Å². The van der Waals surface area contributed by atoms with Crippen molar-refractivity contribution in [2.45, 2.75) is 32.0 Å². The summed E-state index contributed by atoms with van der Waals surface area (Å²) in [5.41, 5.74) is 0.401. The van der Waals surface area contributed by atoms with E-state index >= 15 is 0 Å². The van der Waals surface area contributed by atoms with Crippen LogP contribution in [0.5, 0.6) is 0 Å². The maximum Gasteiger partial charge on any atom is 0.416 e. The van der Waals surface area contributed by atoms with Gasteiger partial charge >= 0.3 is 6.18 Å². The van der Waals surface area contributed by atoms with Gasteiger partial charge in [0, 0.05) is 49.3 Å². The summed E-state index contributed by atoms with van der Waals surface area (Å²) in [6.07, 6.45) is 3.31. The molecule has 218 valence electrons. The summed E-state index contributed by atoms with van der Waals surface area (Å²) in [5.74, 6) is 1.12. The molecule has 3 amide bonds. The van der Waals surface area contributed by atoms with Crippen LogP contribution in [-0.2, 0) is 11.0 Å². The second kappa shape index (κ2) is 12.6. The number of aromatic nitrogens is 2. The van der Waals surface area contributed by atoms with E-state index in [1.165, 1.54) is 18.3 Å². The van der Waals surface area contributed by atoms with Gasteiger partial charge in [-0.2, -0.15) is 18.2 Å². The van der Waals surface area contributed by atoms with E-state index in [4.69, 9.17) is 6.42 Å². The lowest BCUT2D eigenvalue weighted by Gasteiger charge is -2.31. The van der Waals surface area contributed by atoms with Crippen molar-refractivity contribution in [3.63, 3.8) is 0 Å². The average molecular weight is 580 g/mol. The Balaban J connectivity index is 1.43. The van der Waals surface area contributed by atoms with Crippen LogP contribution in [0.4, 0.5) is 36.3 Å². The summed E-state index contributed by atoms with van der Waals surface area (Å²) in [4.78, 5) is 47.8. The number of terminal acetylenes is 1. The maximum absolute atomic E-state index is 13.2. The van der Waals surface area contributed by atoms with Crippen molar-refractivity contribution in [2.24, 2.45) is 0 Å². The lowest BCUT2D eigenvalue weighted by molar-refractivity contribution is -0.137. The van der Waals surface area contributed by atoms with E-state index in [-0.39, 0.29) is 34.6 Å². The lowest BCUT2D eigenvalue weighted by atomic mass is 10.1. The molecule has 42 heavy (non-hydrogen) atoms. The molecule has 4 N–H and O–H groups in total. The van der Waals surface area contributed by atoms with E-state index in [9.17, 15) is 27.6 Å². The Bertz CT molecular complexity index is 1540. The van der Waals surface area contributed by atoms with Crippen LogP contribution in [-0.4, -0.2) is 58.8 Å². The number of nitrogens with one attached hydrogen (secondary N) is 4. The molecule has 0 bridgehead atoms. The van der Waals surface area contributed by atoms with E-state index in [2.05, 4.69) is 37.2 Å². The highest BCUT2D eigenvalue weighted by Crippen LogP contribution is 2.30. The topological polar surface area (TPSA) is 128 Å². The Hall–Kier alpha value is -5.12. The SMILES string of the molecule is C#CC(=O)N1CCC(Nc2ncc(C(=O)Nc3cc(NC(=O)c4cccc(C(F)(F)F)c4)ccc3C)c(NC)n2)CC1. The van der Waals surface area contributed by atoms with Gasteiger partial charge in [0.2, 0.25) is 5.95 Å². The molecule has 1 fully saturated rings. The summed E-state index contributed by atoms with van der Waals surface area (Å²) in [6, 6.07) is 8.85. The zero-order valence-electron chi connectivity index (χ0n) is 22.8. The lowest BCUT2D eigenvalue weighted by Crippen LogP contribution is -2.42. The van der Waals surface area contributed by atoms with Crippen molar-refractivity contribution in [2.75, 3.05) is 41.4 Å². The summed E-state index contributed by atoms with van der Waals surface area (Å²) in [5, 5.41) is 11.5. The Kier molecular flexibility index (Phi) is 8.95. The Morgan fingerprint density at radius 2 is 1.79 bits per heavy atom. The molecule has 1 aliphatic heterocycles.